The van der Waals surface area contributed by atoms with Crippen LogP contribution in [-0.2, 0) is 11.2 Å². The maximum atomic E-state index is 9.43. The molecule has 0 saturated heterocycles. The van der Waals surface area contributed by atoms with Crippen molar-refractivity contribution in [1.82, 2.24) is 4.98 Å². The topological polar surface area (TPSA) is 100 Å². The summed E-state index contributed by atoms with van der Waals surface area (Å²) in [4.78, 5) is 2.99. The van der Waals surface area contributed by atoms with E-state index in [2.05, 4.69) is 11.1 Å². The first-order valence-corrected chi connectivity index (χ1v) is 7.60. The molecule has 2 aromatic rings. The van der Waals surface area contributed by atoms with Crippen molar-refractivity contribution >= 4 is 6.21 Å². The second kappa shape index (κ2) is 8.22. The van der Waals surface area contributed by atoms with Gasteiger partial charge in [-0.05, 0) is 24.1 Å². The van der Waals surface area contributed by atoms with Gasteiger partial charge >= 0.3 is 0 Å². The Balaban J connectivity index is 2.79. The van der Waals surface area contributed by atoms with Crippen molar-refractivity contribution in [2.75, 3.05) is 35.0 Å². The number of H-pyrrole nitrogens is 1. The van der Waals surface area contributed by atoms with Gasteiger partial charge in [-0.3, -0.25) is 0 Å². The normalized spacial score (nSPS) is 10.2. The molecule has 0 fully saturated rings. The maximum Gasteiger partial charge on any atom is 0.203 e. The molecule has 0 atom stereocenters. The van der Waals surface area contributed by atoms with Gasteiger partial charge in [0, 0.05) is 24.5 Å². The Morgan fingerprint density at radius 2 is 1.84 bits per heavy atom. The van der Waals surface area contributed by atoms with Gasteiger partial charge in [0.1, 0.15) is 11.8 Å². The monoisotopic (exact) mass is 343 g/mol. The van der Waals surface area contributed by atoms with Crippen molar-refractivity contribution in [3.05, 3.63) is 29.1 Å². The van der Waals surface area contributed by atoms with Crippen LogP contribution in [0.15, 0.2) is 12.1 Å². The van der Waals surface area contributed by atoms with Crippen LogP contribution < -0.4 is 14.2 Å². The average molecular weight is 343 g/mol. The van der Waals surface area contributed by atoms with Gasteiger partial charge in [-0.25, -0.2) is 0 Å². The van der Waals surface area contributed by atoms with E-state index in [1.807, 2.05) is 6.07 Å². The van der Waals surface area contributed by atoms with Crippen LogP contribution in [0.25, 0.3) is 11.1 Å². The molecular weight excluding hydrogens is 322 g/mol. The number of nitriles is 1. The molecule has 7 heteroatoms. The molecule has 0 bridgehead atoms. The second-order valence-corrected chi connectivity index (χ2v) is 5.15. The Morgan fingerprint density at radius 3 is 2.36 bits per heavy atom. The molecule has 0 aliphatic carbocycles. The van der Waals surface area contributed by atoms with E-state index in [9.17, 15) is 5.26 Å². The highest BCUT2D eigenvalue weighted by Gasteiger charge is 2.24. The van der Waals surface area contributed by atoms with E-state index in [1.54, 1.807) is 20.3 Å². The summed E-state index contributed by atoms with van der Waals surface area (Å²) in [7, 11) is 6.23. The van der Waals surface area contributed by atoms with Gasteiger partial charge < -0.3 is 29.3 Å². The van der Waals surface area contributed by atoms with Crippen LogP contribution in [0.3, 0.4) is 0 Å². The highest BCUT2D eigenvalue weighted by molar-refractivity contribution is 5.93. The molecule has 0 saturated carbocycles. The smallest absolute Gasteiger partial charge is 0.203 e. The summed E-state index contributed by atoms with van der Waals surface area (Å²) in [5.74, 6) is 1.47. The van der Waals surface area contributed by atoms with E-state index in [0.29, 0.717) is 47.2 Å². The molecule has 0 aliphatic heterocycles. The summed E-state index contributed by atoms with van der Waals surface area (Å²) < 4.78 is 21.5. The van der Waals surface area contributed by atoms with Gasteiger partial charge in [-0.1, -0.05) is 0 Å². The molecule has 1 heterocycles. The maximum absolute atomic E-state index is 9.43. The third kappa shape index (κ3) is 3.30. The quantitative estimate of drug-likeness (QED) is 0.718. The fraction of sp³-hybridized carbons (Fsp3) is 0.333. The number of methoxy groups -OCH3 is 4. The molecule has 132 valence electrons. The van der Waals surface area contributed by atoms with E-state index < -0.39 is 0 Å². The molecule has 2 rings (SSSR count). The fourth-order valence-electron chi connectivity index (χ4n) is 2.82. The van der Waals surface area contributed by atoms with Crippen LogP contribution in [0.4, 0.5) is 0 Å². The number of hydrogen-bond donors (Lipinski definition) is 2. The molecule has 0 radical (unpaired) electrons. The second-order valence-electron chi connectivity index (χ2n) is 5.15. The zero-order chi connectivity index (χ0) is 18.4. The molecule has 0 unspecified atom stereocenters. The standard InChI is InChI=1S/C18H21N3O4/c1-22-8-7-11-13(9-19)21-14(10-20)16(11)12-5-6-15(23-2)18(25-4)17(12)24-3/h5-6,10,20-21H,7-8H2,1-4H3. The van der Waals surface area contributed by atoms with Crippen molar-refractivity contribution in [2.45, 2.75) is 6.42 Å². The summed E-state index contributed by atoms with van der Waals surface area (Å²) in [6.07, 6.45) is 1.71. The third-order valence-electron chi connectivity index (χ3n) is 3.92. The zero-order valence-corrected chi connectivity index (χ0v) is 14.7. The SMILES string of the molecule is COCCc1c(C#N)[nH]c(C=N)c1-c1ccc(OC)c(OC)c1OC. The van der Waals surface area contributed by atoms with E-state index in [-0.39, 0.29) is 0 Å². The van der Waals surface area contributed by atoms with Crippen molar-refractivity contribution in [2.24, 2.45) is 0 Å². The predicted octanol–water partition coefficient (Wildman–Crippen LogP) is 2.77. The summed E-state index contributed by atoms with van der Waals surface area (Å²) in [5, 5.41) is 17.1. The minimum atomic E-state index is 0.405. The van der Waals surface area contributed by atoms with Gasteiger partial charge in [0.15, 0.2) is 11.5 Å². The first kappa shape index (κ1) is 18.4. The van der Waals surface area contributed by atoms with Crippen molar-refractivity contribution in [1.29, 1.82) is 10.7 Å². The van der Waals surface area contributed by atoms with E-state index in [0.717, 1.165) is 11.1 Å². The number of nitrogens with one attached hydrogen (secondary N) is 2. The summed E-state index contributed by atoms with van der Waals surface area (Å²) in [5.41, 5.74) is 3.13. The van der Waals surface area contributed by atoms with Crippen molar-refractivity contribution in [3.8, 4) is 34.4 Å². The van der Waals surface area contributed by atoms with Gasteiger partial charge in [0.05, 0.1) is 33.6 Å². The highest BCUT2D eigenvalue weighted by Crippen LogP contribution is 2.46. The number of benzene rings is 1. The van der Waals surface area contributed by atoms with Gasteiger partial charge in [0.2, 0.25) is 5.75 Å². The van der Waals surface area contributed by atoms with Crippen LogP contribution in [0, 0.1) is 16.7 Å². The van der Waals surface area contributed by atoms with Gasteiger partial charge in [0.25, 0.3) is 0 Å². The number of rotatable bonds is 8. The Bertz CT molecular complexity index is 806. The molecule has 2 N–H and O–H groups in total. The van der Waals surface area contributed by atoms with E-state index >= 15 is 0 Å². The number of hydrogen-bond acceptors (Lipinski definition) is 6. The van der Waals surface area contributed by atoms with Crippen LogP contribution in [0.1, 0.15) is 17.0 Å². The molecule has 0 aliphatic rings. The summed E-state index contributed by atoms with van der Waals surface area (Å²) in [6, 6.07) is 5.74. The van der Waals surface area contributed by atoms with E-state index in [4.69, 9.17) is 24.4 Å². The van der Waals surface area contributed by atoms with Crippen LogP contribution in [-0.4, -0.2) is 46.2 Å². The van der Waals surface area contributed by atoms with Crippen molar-refractivity contribution < 1.29 is 18.9 Å². The molecule has 1 aromatic carbocycles. The number of nitrogens with zero attached hydrogens (tertiary/aromatic N) is 1. The largest absolute Gasteiger partial charge is 0.493 e. The number of aromatic amines is 1. The highest BCUT2D eigenvalue weighted by atomic mass is 16.5. The van der Waals surface area contributed by atoms with Gasteiger partial charge in [-0.15, -0.1) is 0 Å². The Kier molecular flexibility index (Phi) is 6.03. The van der Waals surface area contributed by atoms with Gasteiger partial charge in [-0.2, -0.15) is 5.26 Å². The lowest BCUT2D eigenvalue weighted by Crippen LogP contribution is -2.01. The molecule has 1 aromatic heterocycles. The summed E-state index contributed by atoms with van der Waals surface area (Å²) >= 11 is 0. The first-order chi connectivity index (χ1) is 12.2. The lowest BCUT2D eigenvalue weighted by atomic mass is 9.97. The first-order valence-electron chi connectivity index (χ1n) is 7.60. The molecule has 25 heavy (non-hydrogen) atoms. The zero-order valence-electron chi connectivity index (χ0n) is 14.7. The van der Waals surface area contributed by atoms with E-state index in [1.165, 1.54) is 20.4 Å². The third-order valence-corrected chi connectivity index (χ3v) is 3.92. The lowest BCUT2D eigenvalue weighted by molar-refractivity contribution is 0.202. The predicted molar refractivity (Wildman–Crippen MR) is 94.1 cm³/mol. The Hall–Kier alpha value is -2.98. The molecular formula is C18H21N3O4. The average Bonchev–Trinajstić information content (AvgIpc) is 3.02. The van der Waals surface area contributed by atoms with Crippen LogP contribution in [0.2, 0.25) is 0 Å². The molecule has 0 amide bonds. The minimum absolute atomic E-state index is 0.405. The summed E-state index contributed by atoms with van der Waals surface area (Å²) in [6.45, 7) is 0.451. The number of ether oxygens (including phenoxy) is 4. The Labute approximate surface area is 146 Å². The Morgan fingerprint density at radius 1 is 1.12 bits per heavy atom. The number of aromatic nitrogens is 1. The van der Waals surface area contributed by atoms with Crippen LogP contribution in [0.5, 0.6) is 17.2 Å². The van der Waals surface area contributed by atoms with Crippen molar-refractivity contribution in [3.63, 3.8) is 0 Å². The lowest BCUT2D eigenvalue weighted by Gasteiger charge is -2.16. The minimum Gasteiger partial charge on any atom is -0.493 e. The fourth-order valence-corrected chi connectivity index (χ4v) is 2.82. The molecule has 7 nitrogen and oxygen atoms in total. The molecule has 0 spiro atoms. The van der Waals surface area contributed by atoms with Crippen LogP contribution >= 0.6 is 0 Å².